The molecule has 2 aliphatic heterocycles. The van der Waals surface area contributed by atoms with Crippen LogP contribution in [0, 0.1) is 0 Å². The molecule has 0 unspecified atom stereocenters. The number of hydrogen-bond donors (Lipinski definition) is 0. The normalized spacial score (nSPS) is 12.7. The Balaban J connectivity index is 1.06. The highest BCUT2D eigenvalue weighted by molar-refractivity contribution is 7.21. The predicted octanol–water partition coefficient (Wildman–Crippen LogP) is 11.6. The fourth-order valence-corrected chi connectivity index (χ4v) is 24.4. The van der Waals surface area contributed by atoms with Crippen LogP contribution >= 0.6 is 0 Å². The molecule has 6 heteroatoms. The number of hydrogen-bond acceptors (Lipinski definition) is 2. The monoisotopic (exact) mass is 1100 g/mol. The van der Waals surface area contributed by atoms with E-state index in [1.54, 1.807) is 0 Å². The zero-order valence-electron chi connectivity index (χ0n) is 46.3. The SMILES string of the molecule is c1ccc(N2c3ccccc3B3c4cccc([Si](c5ccccc5)(c5ccccc5)c5ccccc5)c4N(c4ccc([Si](c5ccccc5)(c5ccccc5)c5ccccc5)cc4)c4cc(-n5c6ccccc6c6ccccc65)cc2c43)cc1. The predicted molar refractivity (Wildman–Crippen MR) is 362 cm³/mol. The van der Waals surface area contributed by atoms with Gasteiger partial charge in [-0.1, -0.05) is 285 Å². The van der Waals surface area contributed by atoms with Crippen molar-refractivity contribution in [3.8, 4) is 5.69 Å². The molecule has 3 nitrogen and oxygen atoms in total. The van der Waals surface area contributed by atoms with Crippen molar-refractivity contribution in [1.29, 1.82) is 0 Å². The highest BCUT2D eigenvalue weighted by Gasteiger charge is 2.50. The largest absolute Gasteiger partial charge is 0.311 e. The van der Waals surface area contributed by atoms with E-state index < -0.39 is 16.1 Å². The molecule has 1 aromatic heterocycles. The maximum atomic E-state index is 2.70. The molecule has 0 atom stereocenters. The number of nitrogens with zero attached hydrogens (tertiary/aromatic N) is 3. The van der Waals surface area contributed by atoms with Gasteiger partial charge in [0.2, 0.25) is 0 Å². The molecule has 0 radical (unpaired) electrons. The molecule has 14 aromatic rings. The molecule has 0 aliphatic carbocycles. The van der Waals surface area contributed by atoms with Gasteiger partial charge in [-0.3, -0.25) is 0 Å². The van der Waals surface area contributed by atoms with Crippen molar-refractivity contribution in [2.45, 2.75) is 0 Å². The molecule has 0 spiro atoms. The van der Waals surface area contributed by atoms with E-state index in [0.717, 1.165) is 22.7 Å². The van der Waals surface area contributed by atoms with Gasteiger partial charge in [-0.05, 0) is 112 Å². The fraction of sp³-hybridized carbons (Fsp3) is 0. The molecular weight excluding hydrogens is 1050 g/mol. The lowest BCUT2D eigenvalue weighted by Gasteiger charge is -2.47. The fourth-order valence-electron chi connectivity index (χ4n) is 14.7. The van der Waals surface area contributed by atoms with Crippen LogP contribution in [0.25, 0.3) is 27.5 Å². The van der Waals surface area contributed by atoms with Crippen molar-refractivity contribution in [2.75, 3.05) is 9.80 Å². The Morgan fingerprint density at radius 3 is 1.11 bits per heavy atom. The minimum absolute atomic E-state index is 0.118. The molecule has 0 N–H and O–H groups in total. The Morgan fingerprint density at radius 1 is 0.250 bits per heavy atom. The summed E-state index contributed by atoms with van der Waals surface area (Å²) in [5, 5.41) is 13.2. The topological polar surface area (TPSA) is 11.4 Å². The summed E-state index contributed by atoms with van der Waals surface area (Å²) in [6.45, 7) is -0.118. The van der Waals surface area contributed by atoms with Gasteiger partial charge in [0.1, 0.15) is 0 Å². The summed E-state index contributed by atoms with van der Waals surface area (Å²) < 4.78 is 2.51. The van der Waals surface area contributed by atoms with Crippen LogP contribution in [0.15, 0.2) is 340 Å². The molecule has 0 saturated carbocycles. The summed E-state index contributed by atoms with van der Waals surface area (Å²) in [4.78, 5) is 5.24. The van der Waals surface area contributed by atoms with Crippen molar-refractivity contribution in [3.05, 3.63) is 340 Å². The Morgan fingerprint density at radius 2 is 0.619 bits per heavy atom. The number of aromatic nitrogens is 1. The summed E-state index contributed by atoms with van der Waals surface area (Å²) in [7, 11) is -6.14. The summed E-state index contributed by atoms with van der Waals surface area (Å²) in [6.07, 6.45) is 0. The first-order chi connectivity index (χ1) is 41.7. The molecule has 394 valence electrons. The number of anilines is 6. The van der Waals surface area contributed by atoms with Gasteiger partial charge in [-0.25, -0.2) is 0 Å². The molecular formula is C78H56BN3Si2. The van der Waals surface area contributed by atoms with Crippen LogP contribution in [0.4, 0.5) is 34.1 Å². The van der Waals surface area contributed by atoms with Gasteiger partial charge < -0.3 is 14.4 Å². The Labute approximate surface area is 493 Å². The van der Waals surface area contributed by atoms with Crippen LogP contribution in [0.5, 0.6) is 0 Å². The molecule has 0 bridgehead atoms. The molecule has 0 saturated heterocycles. The summed E-state index contributed by atoms with van der Waals surface area (Å²) in [5.74, 6) is 0. The van der Waals surface area contributed by atoms with Crippen molar-refractivity contribution in [1.82, 2.24) is 4.57 Å². The van der Waals surface area contributed by atoms with Gasteiger partial charge in [0.25, 0.3) is 6.71 Å². The average Bonchev–Trinajstić information content (AvgIpc) is 1.06. The van der Waals surface area contributed by atoms with E-state index in [1.165, 1.54) is 96.8 Å². The number of para-hydroxylation sites is 5. The maximum Gasteiger partial charge on any atom is 0.252 e. The van der Waals surface area contributed by atoms with E-state index in [4.69, 9.17) is 0 Å². The molecule has 13 aromatic carbocycles. The second-order valence-corrected chi connectivity index (χ2v) is 29.8. The van der Waals surface area contributed by atoms with Crippen LogP contribution in [0.2, 0.25) is 0 Å². The van der Waals surface area contributed by atoms with Crippen LogP contribution in [-0.4, -0.2) is 27.4 Å². The summed E-state index contributed by atoms with van der Waals surface area (Å²) >= 11 is 0. The first kappa shape index (κ1) is 49.6. The standard InChI is InChI=1S/C78H56BN3Si2/c1-8-29-57(30-9-1)80-73-49-27-24-45-69(73)79-70-46-28-50-76(84(63-37-16-5-17-38-63,64-39-18-6-19-40-64)65-41-20-7-21-42-65)78(70)82(75-56-59(55-74(80)77(75)79)81-71-47-25-22-43-67(71)68-44-23-26-48-72(68)81)58-51-53-66(54-52-58)83(60-31-10-2-11-32-60,61-33-12-3-13-34-61)62-35-14-4-15-36-62/h1-56H. The van der Waals surface area contributed by atoms with E-state index >= 15 is 0 Å². The van der Waals surface area contributed by atoms with Gasteiger partial charge in [-0.15, -0.1) is 0 Å². The highest BCUT2D eigenvalue weighted by atomic mass is 28.3. The zero-order chi connectivity index (χ0) is 55.6. The van der Waals surface area contributed by atoms with Gasteiger partial charge in [0.15, 0.2) is 16.1 Å². The maximum absolute atomic E-state index is 3.23. The quantitative estimate of drug-likeness (QED) is 0.0945. The van der Waals surface area contributed by atoms with E-state index in [2.05, 4.69) is 354 Å². The average molecular weight is 1100 g/mol. The number of rotatable bonds is 11. The molecule has 16 rings (SSSR count). The minimum atomic E-state index is -3.23. The van der Waals surface area contributed by atoms with E-state index in [-0.39, 0.29) is 6.71 Å². The molecule has 0 amide bonds. The van der Waals surface area contributed by atoms with E-state index in [1.807, 2.05) is 0 Å². The summed E-state index contributed by atoms with van der Waals surface area (Å²) in [6, 6.07) is 128. The second kappa shape index (κ2) is 20.3. The lowest BCUT2D eigenvalue weighted by Crippen LogP contribution is -2.76. The lowest BCUT2D eigenvalue weighted by molar-refractivity contribution is 1.16. The third-order valence-corrected chi connectivity index (χ3v) is 27.6. The van der Waals surface area contributed by atoms with Gasteiger partial charge in [-0.2, -0.15) is 0 Å². The van der Waals surface area contributed by atoms with Gasteiger partial charge in [0.05, 0.1) is 16.7 Å². The molecule has 0 fully saturated rings. The van der Waals surface area contributed by atoms with Crippen molar-refractivity contribution in [2.24, 2.45) is 0 Å². The lowest BCUT2D eigenvalue weighted by atomic mass is 9.33. The Hall–Kier alpha value is -10.2. The molecule has 3 heterocycles. The smallest absolute Gasteiger partial charge is 0.252 e. The zero-order valence-corrected chi connectivity index (χ0v) is 48.3. The first-order valence-corrected chi connectivity index (χ1v) is 33.2. The number of benzene rings is 13. The van der Waals surface area contributed by atoms with Crippen LogP contribution in [0.1, 0.15) is 0 Å². The van der Waals surface area contributed by atoms with E-state index in [9.17, 15) is 0 Å². The van der Waals surface area contributed by atoms with Crippen LogP contribution < -0.4 is 67.7 Å². The molecule has 84 heavy (non-hydrogen) atoms. The Kier molecular flexibility index (Phi) is 12.0. The third kappa shape index (κ3) is 7.51. The van der Waals surface area contributed by atoms with Crippen molar-refractivity contribution < 1.29 is 0 Å². The third-order valence-electron chi connectivity index (χ3n) is 18.0. The van der Waals surface area contributed by atoms with Crippen molar-refractivity contribution >= 4 is 137 Å². The first-order valence-electron chi connectivity index (χ1n) is 29.2. The molecule has 2 aliphatic rings. The Bertz CT molecular complexity index is 4470. The summed E-state index contributed by atoms with van der Waals surface area (Å²) in [5.41, 5.74) is 14.3. The van der Waals surface area contributed by atoms with Gasteiger partial charge in [0, 0.05) is 44.9 Å². The number of fused-ring (bicyclic) bond motifs is 7. The van der Waals surface area contributed by atoms with Gasteiger partial charge >= 0.3 is 0 Å². The minimum Gasteiger partial charge on any atom is -0.311 e. The van der Waals surface area contributed by atoms with Crippen molar-refractivity contribution in [3.63, 3.8) is 0 Å². The van der Waals surface area contributed by atoms with Crippen LogP contribution in [0.3, 0.4) is 0 Å². The van der Waals surface area contributed by atoms with E-state index in [0.29, 0.717) is 0 Å². The van der Waals surface area contributed by atoms with Crippen LogP contribution in [-0.2, 0) is 0 Å². The second-order valence-electron chi connectivity index (χ2n) is 22.3. The highest BCUT2D eigenvalue weighted by Crippen LogP contribution is 2.46.